The van der Waals surface area contributed by atoms with Gasteiger partial charge in [-0.2, -0.15) is 0 Å². The van der Waals surface area contributed by atoms with Gasteiger partial charge >= 0.3 is 5.69 Å². The SMILES string of the molecule is COc1c(C)c(=O)n(C)c2c1[nH]c(=O)n2-c1ccc(C)cc1F. The van der Waals surface area contributed by atoms with Crippen LogP contribution in [0.4, 0.5) is 4.39 Å². The van der Waals surface area contributed by atoms with Gasteiger partial charge in [-0.1, -0.05) is 6.07 Å². The number of fused-ring (bicyclic) bond motifs is 1. The fourth-order valence-corrected chi connectivity index (χ4v) is 2.81. The van der Waals surface area contributed by atoms with Crippen molar-refractivity contribution < 1.29 is 9.13 Å². The van der Waals surface area contributed by atoms with E-state index in [0.29, 0.717) is 11.1 Å². The molecule has 0 aliphatic carbocycles. The Balaban J connectivity index is 2.53. The summed E-state index contributed by atoms with van der Waals surface area (Å²) in [6, 6.07) is 4.55. The van der Waals surface area contributed by atoms with Crippen LogP contribution >= 0.6 is 0 Å². The van der Waals surface area contributed by atoms with E-state index in [1.54, 1.807) is 19.9 Å². The number of aromatic amines is 1. The number of imidazole rings is 1. The molecule has 0 radical (unpaired) electrons. The van der Waals surface area contributed by atoms with E-state index in [0.717, 1.165) is 10.1 Å². The summed E-state index contributed by atoms with van der Waals surface area (Å²) in [6.45, 7) is 3.37. The quantitative estimate of drug-likeness (QED) is 0.783. The van der Waals surface area contributed by atoms with Crippen LogP contribution in [0.1, 0.15) is 11.1 Å². The zero-order valence-electron chi connectivity index (χ0n) is 13.2. The topological polar surface area (TPSA) is 69.0 Å². The van der Waals surface area contributed by atoms with E-state index in [4.69, 9.17) is 4.74 Å². The van der Waals surface area contributed by atoms with Gasteiger partial charge in [0.25, 0.3) is 5.56 Å². The number of aromatic nitrogens is 3. The largest absolute Gasteiger partial charge is 0.494 e. The van der Waals surface area contributed by atoms with Crippen LogP contribution in [0.5, 0.6) is 5.75 Å². The Morgan fingerprint density at radius 2 is 1.91 bits per heavy atom. The van der Waals surface area contributed by atoms with Crippen LogP contribution < -0.4 is 16.0 Å². The number of pyridine rings is 1. The second kappa shape index (κ2) is 5.12. The molecule has 0 aliphatic heterocycles. The van der Waals surface area contributed by atoms with Gasteiger partial charge in [0.2, 0.25) is 0 Å². The Morgan fingerprint density at radius 3 is 2.52 bits per heavy atom. The van der Waals surface area contributed by atoms with Crippen LogP contribution in [0.25, 0.3) is 16.9 Å². The highest BCUT2D eigenvalue weighted by atomic mass is 19.1. The molecule has 3 aromatic rings. The molecule has 2 aromatic heterocycles. The molecule has 23 heavy (non-hydrogen) atoms. The van der Waals surface area contributed by atoms with Crippen LogP contribution in [0.3, 0.4) is 0 Å². The molecule has 7 heteroatoms. The molecule has 0 saturated heterocycles. The highest BCUT2D eigenvalue weighted by molar-refractivity contribution is 5.81. The highest BCUT2D eigenvalue weighted by Crippen LogP contribution is 2.26. The van der Waals surface area contributed by atoms with Gasteiger partial charge in [-0.3, -0.25) is 9.36 Å². The van der Waals surface area contributed by atoms with Gasteiger partial charge in [0, 0.05) is 7.05 Å². The van der Waals surface area contributed by atoms with Crippen molar-refractivity contribution in [2.45, 2.75) is 13.8 Å². The molecule has 0 unspecified atom stereocenters. The molecule has 0 amide bonds. The summed E-state index contributed by atoms with van der Waals surface area (Å²) < 4.78 is 22.0. The number of benzene rings is 1. The number of hydrogen-bond acceptors (Lipinski definition) is 3. The number of nitrogens with one attached hydrogen (secondary N) is 1. The average molecular weight is 317 g/mol. The lowest BCUT2D eigenvalue weighted by Gasteiger charge is -2.11. The van der Waals surface area contributed by atoms with Gasteiger partial charge in [-0.15, -0.1) is 0 Å². The average Bonchev–Trinajstić information content (AvgIpc) is 2.83. The Hall–Kier alpha value is -2.83. The van der Waals surface area contributed by atoms with Crippen molar-refractivity contribution in [2.24, 2.45) is 7.05 Å². The summed E-state index contributed by atoms with van der Waals surface area (Å²) >= 11 is 0. The van der Waals surface area contributed by atoms with Crippen LogP contribution in [-0.4, -0.2) is 21.2 Å². The third-order valence-corrected chi connectivity index (χ3v) is 3.93. The fourth-order valence-electron chi connectivity index (χ4n) is 2.81. The van der Waals surface area contributed by atoms with Gasteiger partial charge in [0.05, 0.1) is 18.4 Å². The number of aryl methyl sites for hydroxylation is 2. The zero-order chi connectivity index (χ0) is 16.9. The molecule has 0 saturated carbocycles. The van der Waals surface area contributed by atoms with E-state index < -0.39 is 11.5 Å². The number of ether oxygens (including phenoxy) is 1. The second-order valence-electron chi connectivity index (χ2n) is 5.44. The molecule has 0 aliphatic rings. The minimum atomic E-state index is -0.542. The Bertz CT molecular complexity index is 1040. The van der Waals surface area contributed by atoms with Gasteiger partial charge in [-0.05, 0) is 31.5 Å². The van der Waals surface area contributed by atoms with Gasteiger partial charge in [0.15, 0.2) is 11.4 Å². The number of halogens is 1. The maximum Gasteiger partial charge on any atom is 0.332 e. The molecule has 0 spiro atoms. The van der Waals surface area contributed by atoms with Crippen molar-refractivity contribution in [1.29, 1.82) is 0 Å². The molecular weight excluding hydrogens is 301 g/mol. The first-order chi connectivity index (χ1) is 10.9. The van der Waals surface area contributed by atoms with Crippen molar-refractivity contribution in [1.82, 2.24) is 14.1 Å². The summed E-state index contributed by atoms with van der Waals surface area (Å²) in [4.78, 5) is 27.4. The van der Waals surface area contributed by atoms with E-state index in [1.165, 1.54) is 30.9 Å². The molecule has 6 nitrogen and oxygen atoms in total. The van der Waals surface area contributed by atoms with E-state index in [-0.39, 0.29) is 22.6 Å². The number of methoxy groups -OCH3 is 1. The number of H-pyrrole nitrogens is 1. The van der Waals surface area contributed by atoms with Crippen LogP contribution in [-0.2, 0) is 7.05 Å². The summed E-state index contributed by atoms with van der Waals surface area (Å²) in [5.74, 6) is -0.258. The number of rotatable bonds is 2. The molecule has 0 atom stereocenters. The fraction of sp³-hybridized carbons (Fsp3) is 0.250. The molecule has 3 rings (SSSR count). The minimum absolute atomic E-state index is 0.0766. The van der Waals surface area contributed by atoms with Gasteiger partial charge in [0.1, 0.15) is 11.3 Å². The summed E-state index contributed by atoms with van der Waals surface area (Å²) in [5.41, 5.74) is 0.952. The summed E-state index contributed by atoms with van der Waals surface area (Å²) in [5, 5.41) is 0. The lowest BCUT2D eigenvalue weighted by molar-refractivity contribution is 0.414. The van der Waals surface area contributed by atoms with Crippen molar-refractivity contribution in [2.75, 3.05) is 7.11 Å². The van der Waals surface area contributed by atoms with E-state index in [1.807, 2.05) is 0 Å². The van der Waals surface area contributed by atoms with E-state index in [9.17, 15) is 14.0 Å². The maximum atomic E-state index is 14.3. The first kappa shape index (κ1) is 15.1. The predicted octanol–water partition coefficient (Wildman–Crippen LogP) is 1.78. The molecule has 1 N–H and O–H groups in total. The van der Waals surface area contributed by atoms with Crippen molar-refractivity contribution in [3.8, 4) is 11.4 Å². The maximum absolute atomic E-state index is 14.3. The Morgan fingerprint density at radius 1 is 1.22 bits per heavy atom. The standard InChI is InChI=1S/C16H16FN3O3/c1-8-5-6-11(10(17)7-8)20-14-12(18-16(20)22)13(23-4)9(2)15(21)19(14)3/h5-7H,1-4H3,(H,18,22). The van der Waals surface area contributed by atoms with Crippen molar-refractivity contribution in [3.05, 3.63) is 56.0 Å². The van der Waals surface area contributed by atoms with Gasteiger partial charge < -0.3 is 9.72 Å². The van der Waals surface area contributed by atoms with E-state index in [2.05, 4.69) is 4.98 Å². The lowest BCUT2D eigenvalue weighted by Crippen LogP contribution is -2.24. The third-order valence-electron chi connectivity index (χ3n) is 3.93. The van der Waals surface area contributed by atoms with Crippen LogP contribution in [0.2, 0.25) is 0 Å². The smallest absolute Gasteiger partial charge is 0.332 e. The first-order valence-electron chi connectivity index (χ1n) is 7.01. The Kier molecular flexibility index (Phi) is 3.35. The molecular formula is C16H16FN3O3. The molecule has 2 heterocycles. The third kappa shape index (κ3) is 2.08. The summed E-state index contributed by atoms with van der Waals surface area (Å²) in [7, 11) is 2.95. The highest BCUT2D eigenvalue weighted by Gasteiger charge is 2.21. The Labute approximate surface area is 130 Å². The van der Waals surface area contributed by atoms with E-state index >= 15 is 0 Å². The second-order valence-corrected chi connectivity index (χ2v) is 5.44. The molecule has 1 aromatic carbocycles. The van der Waals surface area contributed by atoms with Crippen molar-refractivity contribution in [3.63, 3.8) is 0 Å². The normalized spacial score (nSPS) is 11.2. The molecule has 0 fully saturated rings. The zero-order valence-corrected chi connectivity index (χ0v) is 13.2. The monoisotopic (exact) mass is 317 g/mol. The van der Waals surface area contributed by atoms with Gasteiger partial charge in [-0.25, -0.2) is 13.8 Å². The molecule has 0 bridgehead atoms. The summed E-state index contributed by atoms with van der Waals surface area (Å²) in [6.07, 6.45) is 0. The predicted molar refractivity (Wildman–Crippen MR) is 85.1 cm³/mol. The number of nitrogens with zero attached hydrogens (tertiary/aromatic N) is 2. The van der Waals surface area contributed by atoms with Crippen molar-refractivity contribution >= 4 is 11.2 Å². The first-order valence-corrected chi connectivity index (χ1v) is 7.01. The lowest BCUT2D eigenvalue weighted by atomic mass is 10.2. The van der Waals surface area contributed by atoms with Crippen LogP contribution in [0, 0.1) is 19.7 Å². The van der Waals surface area contributed by atoms with Crippen LogP contribution in [0.15, 0.2) is 27.8 Å². The molecule has 120 valence electrons. The minimum Gasteiger partial charge on any atom is -0.494 e. The number of hydrogen-bond donors (Lipinski definition) is 1.